The van der Waals surface area contributed by atoms with Crippen LogP contribution in [0.25, 0.3) is 0 Å². The lowest BCUT2D eigenvalue weighted by atomic mass is 10.3. The van der Waals surface area contributed by atoms with Gasteiger partial charge in [-0.1, -0.05) is 18.2 Å². The number of hydrogen-bond donors (Lipinski definition) is 0. The van der Waals surface area contributed by atoms with Crippen molar-refractivity contribution in [3.05, 3.63) is 30.3 Å². The summed E-state index contributed by atoms with van der Waals surface area (Å²) >= 11 is 16.9. The third kappa shape index (κ3) is 5.38. The highest BCUT2D eigenvalue weighted by atomic mass is 35.5. The molecule has 0 saturated heterocycles. The van der Waals surface area contributed by atoms with Gasteiger partial charge in [-0.15, -0.1) is 34.8 Å². The third-order valence-electron chi connectivity index (χ3n) is 2.06. The molecule has 3 nitrogen and oxygen atoms in total. The van der Waals surface area contributed by atoms with E-state index in [4.69, 9.17) is 44.1 Å². The minimum atomic E-state index is -3.01. The molecule has 0 amide bonds. The Balaban J connectivity index is 2.50. The fourth-order valence-corrected chi connectivity index (χ4v) is 3.37. The summed E-state index contributed by atoms with van der Waals surface area (Å²) in [4.78, 5) is 0. The lowest BCUT2D eigenvalue weighted by Crippen LogP contribution is -2.23. The SMILES string of the molecule is O=P(CCl)(CCl)O[C@H](CCl)COc1ccccc1. The van der Waals surface area contributed by atoms with Gasteiger partial charge in [-0.3, -0.25) is 4.57 Å². The van der Waals surface area contributed by atoms with Crippen molar-refractivity contribution in [3.63, 3.8) is 0 Å². The molecule has 0 aromatic heterocycles. The van der Waals surface area contributed by atoms with Gasteiger partial charge in [-0.2, -0.15) is 0 Å². The van der Waals surface area contributed by atoms with Crippen LogP contribution >= 0.6 is 42.2 Å². The first-order valence-corrected chi connectivity index (χ1v) is 8.85. The highest BCUT2D eigenvalue weighted by molar-refractivity contribution is 7.62. The van der Waals surface area contributed by atoms with Crippen molar-refractivity contribution >= 4 is 42.2 Å². The molecule has 0 unspecified atom stereocenters. The van der Waals surface area contributed by atoms with Gasteiger partial charge in [0.05, 0.1) is 5.88 Å². The van der Waals surface area contributed by atoms with Crippen LogP contribution in [0.5, 0.6) is 5.75 Å². The minimum absolute atomic E-state index is 0.130. The van der Waals surface area contributed by atoms with Gasteiger partial charge < -0.3 is 9.26 Å². The highest BCUT2D eigenvalue weighted by Gasteiger charge is 2.25. The zero-order chi connectivity index (χ0) is 13.4. The topological polar surface area (TPSA) is 35.5 Å². The molecule has 0 heterocycles. The molecule has 1 aromatic carbocycles. The second kappa shape index (κ2) is 8.29. The van der Waals surface area contributed by atoms with E-state index in [0.29, 0.717) is 5.75 Å². The third-order valence-corrected chi connectivity index (χ3v) is 6.00. The van der Waals surface area contributed by atoms with Gasteiger partial charge in [-0.25, -0.2) is 0 Å². The van der Waals surface area contributed by atoms with Crippen molar-refractivity contribution < 1.29 is 13.8 Å². The Bertz CT molecular complexity index is 380. The van der Waals surface area contributed by atoms with E-state index >= 15 is 0 Å². The fraction of sp³-hybridized carbons (Fsp3) is 0.455. The van der Waals surface area contributed by atoms with Crippen molar-refractivity contribution in [1.29, 1.82) is 0 Å². The summed E-state index contributed by atoms with van der Waals surface area (Å²) in [6.07, 6.45) is -0.504. The summed E-state index contributed by atoms with van der Waals surface area (Å²) in [6.45, 7) is 0.200. The van der Waals surface area contributed by atoms with E-state index < -0.39 is 13.5 Å². The molecule has 0 aliphatic rings. The van der Waals surface area contributed by atoms with E-state index in [1.165, 1.54) is 0 Å². The lowest BCUT2D eigenvalue weighted by molar-refractivity contribution is 0.149. The number of hydrogen-bond acceptors (Lipinski definition) is 3. The minimum Gasteiger partial charge on any atom is -0.491 e. The fourth-order valence-electron chi connectivity index (χ4n) is 1.17. The molecule has 7 heteroatoms. The van der Waals surface area contributed by atoms with Crippen LogP contribution < -0.4 is 4.74 Å². The Morgan fingerprint density at radius 3 is 2.22 bits per heavy atom. The molecule has 18 heavy (non-hydrogen) atoms. The van der Waals surface area contributed by atoms with E-state index in [1.807, 2.05) is 30.3 Å². The number of ether oxygens (including phenoxy) is 1. The molecule has 102 valence electrons. The van der Waals surface area contributed by atoms with Crippen LogP contribution in [-0.2, 0) is 9.09 Å². The van der Waals surface area contributed by atoms with E-state index in [9.17, 15) is 4.57 Å². The Morgan fingerprint density at radius 2 is 1.72 bits per heavy atom. The van der Waals surface area contributed by atoms with Crippen LogP contribution in [-0.4, -0.2) is 29.8 Å². The number of rotatable bonds is 8. The number of para-hydroxylation sites is 1. The van der Waals surface area contributed by atoms with E-state index in [-0.39, 0.29) is 23.7 Å². The second-order valence-electron chi connectivity index (χ2n) is 3.56. The van der Waals surface area contributed by atoms with Crippen molar-refractivity contribution in [3.8, 4) is 5.75 Å². The summed E-state index contributed by atoms with van der Waals surface area (Å²) in [5, 5.41) is 0. The number of halogens is 3. The van der Waals surface area contributed by atoms with Crippen molar-refractivity contribution in [2.75, 3.05) is 23.7 Å². The van der Waals surface area contributed by atoms with Gasteiger partial charge >= 0.3 is 0 Å². The van der Waals surface area contributed by atoms with Gasteiger partial charge in [-0.05, 0) is 12.1 Å². The van der Waals surface area contributed by atoms with Gasteiger partial charge in [0.15, 0.2) is 0 Å². The first-order chi connectivity index (χ1) is 8.63. The molecule has 0 fully saturated rings. The van der Waals surface area contributed by atoms with Crippen LogP contribution in [0.15, 0.2) is 30.3 Å². The maximum absolute atomic E-state index is 11.9. The smallest absolute Gasteiger partial charge is 0.232 e. The van der Waals surface area contributed by atoms with Crippen LogP contribution in [0.3, 0.4) is 0 Å². The molecule has 0 saturated carbocycles. The predicted octanol–water partition coefficient (Wildman–Crippen LogP) is 4.36. The first-order valence-electron chi connectivity index (χ1n) is 5.26. The van der Waals surface area contributed by atoms with Crippen LogP contribution in [0.2, 0.25) is 0 Å². The van der Waals surface area contributed by atoms with E-state index in [0.717, 1.165) is 0 Å². The molecule has 0 aliphatic carbocycles. The van der Waals surface area contributed by atoms with Crippen LogP contribution in [0, 0.1) is 0 Å². The standard InChI is InChI=1S/C11H14Cl3O3P/c12-6-11(17-18(15,8-13)9-14)7-16-10-4-2-1-3-5-10/h1-5,11H,6-9H2/t11-/m1/s1. The van der Waals surface area contributed by atoms with Crippen LogP contribution in [0.4, 0.5) is 0 Å². The first kappa shape index (κ1) is 16.1. The maximum Gasteiger partial charge on any atom is 0.232 e. The molecule has 1 rings (SSSR count). The summed E-state index contributed by atoms with van der Waals surface area (Å²) < 4.78 is 22.8. The zero-order valence-corrected chi connectivity index (χ0v) is 12.8. The average molecular weight is 332 g/mol. The Morgan fingerprint density at radius 1 is 1.11 bits per heavy atom. The lowest BCUT2D eigenvalue weighted by Gasteiger charge is -2.20. The molecule has 1 aromatic rings. The summed E-state index contributed by atoms with van der Waals surface area (Å²) in [7, 11) is -3.01. The maximum atomic E-state index is 11.9. The molecule has 1 atom stereocenters. The summed E-state index contributed by atoms with van der Waals surface area (Å²) in [5.41, 5.74) is -0.259. The van der Waals surface area contributed by atoms with E-state index in [2.05, 4.69) is 0 Å². The van der Waals surface area contributed by atoms with Gasteiger partial charge in [0.2, 0.25) is 7.37 Å². The van der Waals surface area contributed by atoms with Gasteiger partial charge in [0.1, 0.15) is 29.7 Å². The van der Waals surface area contributed by atoms with Crippen molar-refractivity contribution in [2.45, 2.75) is 6.10 Å². The molecular formula is C11H14Cl3O3P. The van der Waals surface area contributed by atoms with Crippen molar-refractivity contribution in [2.24, 2.45) is 0 Å². The average Bonchev–Trinajstić information content (AvgIpc) is 2.44. The largest absolute Gasteiger partial charge is 0.491 e. The number of benzene rings is 1. The number of alkyl halides is 3. The molecule has 0 N–H and O–H groups in total. The zero-order valence-electron chi connectivity index (χ0n) is 9.60. The molecule has 0 radical (unpaired) electrons. The van der Waals surface area contributed by atoms with Crippen molar-refractivity contribution in [1.82, 2.24) is 0 Å². The summed E-state index contributed by atoms with van der Waals surface area (Å²) in [5.74, 6) is 0.854. The highest BCUT2D eigenvalue weighted by Crippen LogP contribution is 2.49. The predicted molar refractivity (Wildman–Crippen MR) is 76.6 cm³/mol. The van der Waals surface area contributed by atoms with Gasteiger partial charge in [0, 0.05) is 0 Å². The monoisotopic (exact) mass is 330 g/mol. The normalized spacial score (nSPS) is 13.3. The Hall–Kier alpha value is 0.0800. The molecule has 0 aliphatic heterocycles. The van der Waals surface area contributed by atoms with E-state index in [1.54, 1.807) is 0 Å². The second-order valence-corrected chi connectivity index (χ2v) is 7.62. The molecular weight excluding hydrogens is 317 g/mol. The quantitative estimate of drug-likeness (QED) is 0.524. The molecule has 0 bridgehead atoms. The molecule has 0 spiro atoms. The summed E-state index contributed by atoms with van der Waals surface area (Å²) in [6, 6.07) is 9.22. The van der Waals surface area contributed by atoms with Gasteiger partial charge in [0.25, 0.3) is 0 Å². The Labute approximate surface area is 122 Å². The van der Waals surface area contributed by atoms with Crippen LogP contribution in [0.1, 0.15) is 0 Å². The Kier molecular flexibility index (Phi) is 7.43.